The molecule has 6 N–H and O–H groups in total. The number of unbranched alkanes of at least 4 members (excludes halogenated alkanes) is 26. The molecule has 7 unspecified atom stereocenters. The molecule has 9 nitrogen and oxygen atoms in total. The third kappa shape index (κ3) is 28.1. The number of ether oxygens (including phenoxy) is 2. The van der Waals surface area contributed by atoms with Crippen LogP contribution in [0.4, 0.5) is 0 Å². The lowest BCUT2D eigenvalue weighted by atomic mass is 9.99. The number of allylic oxidation sites excluding steroid dienone is 1. The summed E-state index contributed by atoms with van der Waals surface area (Å²) in [7, 11) is 0. The summed E-state index contributed by atoms with van der Waals surface area (Å²) in [6.45, 7) is 6.10. The first-order valence-corrected chi connectivity index (χ1v) is 23.3. The summed E-state index contributed by atoms with van der Waals surface area (Å²) in [5, 5.41) is 54.2. The molecule has 1 saturated heterocycles. The monoisotopic (exact) mass is 784 g/mol. The van der Waals surface area contributed by atoms with Gasteiger partial charge in [0.1, 0.15) is 24.4 Å². The summed E-state index contributed by atoms with van der Waals surface area (Å²) in [5.41, 5.74) is 0. The molecule has 55 heavy (non-hydrogen) atoms. The number of carbonyl (C=O) groups excluding carboxylic acids is 1. The predicted molar refractivity (Wildman–Crippen MR) is 226 cm³/mol. The zero-order chi connectivity index (χ0) is 40.4. The number of hydrogen-bond donors (Lipinski definition) is 6. The first-order valence-electron chi connectivity index (χ1n) is 23.3. The van der Waals surface area contributed by atoms with E-state index in [0.717, 1.165) is 44.4 Å². The lowest BCUT2D eigenvalue weighted by molar-refractivity contribution is -0.302. The van der Waals surface area contributed by atoms with E-state index in [9.17, 15) is 30.3 Å². The Kier molecular flexibility index (Phi) is 34.0. The van der Waals surface area contributed by atoms with Gasteiger partial charge in [0, 0.05) is 6.42 Å². The van der Waals surface area contributed by atoms with Gasteiger partial charge in [-0.1, -0.05) is 200 Å². The molecule has 0 aliphatic carbocycles. The van der Waals surface area contributed by atoms with Crippen molar-refractivity contribution in [2.24, 2.45) is 5.92 Å². The van der Waals surface area contributed by atoms with Gasteiger partial charge in [-0.15, -0.1) is 0 Å². The van der Waals surface area contributed by atoms with E-state index in [-0.39, 0.29) is 12.5 Å². The Morgan fingerprint density at radius 1 is 0.655 bits per heavy atom. The minimum atomic E-state index is -1.56. The van der Waals surface area contributed by atoms with Crippen molar-refractivity contribution in [2.75, 3.05) is 13.2 Å². The van der Waals surface area contributed by atoms with E-state index < -0.39 is 49.5 Å². The fourth-order valence-electron chi connectivity index (χ4n) is 7.52. The number of carbonyl (C=O) groups is 1. The van der Waals surface area contributed by atoms with Gasteiger partial charge in [-0.25, -0.2) is 0 Å². The van der Waals surface area contributed by atoms with Crippen molar-refractivity contribution in [3.8, 4) is 0 Å². The molecular formula is C46H89NO8. The van der Waals surface area contributed by atoms with Gasteiger partial charge in [-0.2, -0.15) is 0 Å². The van der Waals surface area contributed by atoms with Gasteiger partial charge in [0.05, 0.1) is 25.4 Å². The van der Waals surface area contributed by atoms with Crippen molar-refractivity contribution >= 4 is 5.91 Å². The quantitative estimate of drug-likeness (QED) is 0.0268. The number of amides is 1. The Labute approximate surface area is 337 Å². The number of nitrogens with one attached hydrogen (secondary N) is 1. The summed E-state index contributed by atoms with van der Waals surface area (Å²) in [5.74, 6) is 0.618. The lowest BCUT2D eigenvalue weighted by Gasteiger charge is -2.40. The number of aliphatic hydroxyl groups excluding tert-OH is 5. The van der Waals surface area contributed by atoms with Crippen LogP contribution in [0.3, 0.4) is 0 Å². The van der Waals surface area contributed by atoms with Gasteiger partial charge in [-0.3, -0.25) is 4.79 Å². The molecule has 326 valence electrons. The van der Waals surface area contributed by atoms with Crippen LogP contribution in [-0.2, 0) is 14.3 Å². The van der Waals surface area contributed by atoms with Crippen LogP contribution in [-0.4, -0.2) is 87.5 Å². The molecule has 9 heteroatoms. The molecule has 1 amide bonds. The first-order chi connectivity index (χ1) is 26.7. The molecular weight excluding hydrogens is 695 g/mol. The molecule has 1 aliphatic rings. The summed E-state index contributed by atoms with van der Waals surface area (Å²) >= 11 is 0. The van der Waals surface area contributed by atoms with Crippen molar-refractivity contribution in [2.45, 2.75) is 256 Å². The maximum Gasteiger partial charge on any atom is 0.220 e. The summed E-state index contributed by atoms with van der Waals surface area (Å²) in [6, 6.07) is -0.799. The van der Waals surface area contributed by atoms with Crippen molar-refractivity contribution < 1.29 is 39.8 Å². The van der Waals surface area contributed by atoms with E-state index in [0.29, 0.717) is 6.42 Å². The Morgan fingerprint density at radius 2 is 1.11 bits per heavy atom. The molecule has 0 spiro atoms. The number of rotatable bonds is 38. The molecule has 0 aromatic heterocycles. The van der Waals surface area contributed by atoms with Crippen LogP contribution in [0.5, 0.6) is 0 Å². The van der Waals surface area contributed by atoms with Crippen LogP contribution >= 0.6 is 0 Å². The molecule has 0 bridgehead atoms. The molecule has 1 rings (SSSR count). The summed E-state index contributed by atoms with van der Waals surface area (Å²) in [6.07, 6.45) is 32.6. The highest BCUT2D eigenvalue weighted by Gasteiger charge is 2.44. The third-order valence-corrected chi connectivity index (χ3v) is 11.3. The fourth-order valence-corrected chi connectivity index (χ4v) is 7.52. The smallest absolute Gasteiger partial charge is 0.220 e. The van der Waals surface area contributed by atoms with E-state index in [4.69, 9.17) is 9.47 Å². The average molecular weight is 784 g/mol. The molecule has 7 atom stereocenters. The first kappa shape index (κ1) is 51.9. The van der Waals surface area contributed by atoms with E-state index in [2.05, 4.69) is 26.1 Å². The average Bonchev–Trinajstić information content (AvgIpc) is 3.17. The molecule has 1 fully saturated rings. The Bertz CT molecular complexity index is 886. The normalized spacial score (nSPS) is 21.4. The van der Waals surface area contributed by atoms with Gasteiger partial charge in [-0.05, 0) is 25.2 Å². The maximum atomic E-state index is 12.9. The zero-order valence-corrected chi connectivity index (χ0v) is 35.9. The number of aliphatic hydroxyl groups is 5. The standard InChI is InChI=1S/C46H89NO8/c1-4-5-6-7-8-9-10-11-12-13-14-15-16-17-18-23-26-29-32-35-42(50)47-39(37-54-46-45(53)44(52)43(51)41(36-48)55-46)40(49)34-31-28-25-22-20-19-21-24-27-30-33-38(2)3/h31,34,38-41,43-46,48-49,51-53H,4-30,32-33,35-37H2,1-3H3,(H,47,50). The number of hydrogen-bond acceptors (Lipinski definition) is 8. The van der Waals surface area contributed by atoms with Crippen molar-refractivity contribution in [3.63, 3.8) is 0 Å². The van der Waals surface area contributed by atoms with Crippen LogP contribution in [0.1, 0.15) is 213 Å². The Balaban J connectivity index is 2.32. The second-order valence-electron chi connectivity index (χ2n) is 17.0. The van der Waals surface area contributed by atoms with Gasteiger partial charge >= 0.3 is 0 Å². The van der Waals surface area contributed by atoms with Gasteiger partial charge in [0.15, 0.2) is 6.29 Å². The van der Waals surface area contributed by atoms with Gasteiger partial charge < -0.3 is 40.3 Å². The second kappa shape index (κ2) is 36.0. The van der Waals surface area contributed by atoms with Crippen LogP contribution in [0, 0.1) is 5.92 Å². The molecule has 0 aromatic carbocycles. The minimum absolute atomic E-state index is 0.175. The predicted octanol–water partition coefficient (Wildman–Crippen LogP) is 9.58. The third-order valence-electron chi connectivity index (χ3n) is 11.3. The van der Waals surface area contributed by atoms with Crippen LogP contribution in [0.15, 0.2) is 12.2 Å². The highest BCUT2D eigenvalue weighted by molar-refractivity contribution is 5.76. The van der Waals surface area contributed by atoms with Crippen molar-refractivity contribution in [3.05, 3.63) is 12.2 Å². The second-order valence-corrected chi connectivity index (χ2v) is 17.0. The van der Waals surface area contributed by atoms with Crippen molar-refractivity contribution in [1.29, 1.82) is 0 Å². The van der Waals surface area contributed by atoms with E-state index in [1.54, 1.807) is 6.08 Å². The molecule has 1 aliphatic heterocycles. The molecule has 0 radical (unpaired) electrons. The Hall–Kier alpha value is -1.07. The maximum absolute atomic E-state index is 12.9. The largest absolute Gasteiger partial charge is 0.394 e. The SMILES string of the molecule is CCCCCCCCCCCCCCCCCCCCCC(=O)NC(COC1OC(CO)C(O)C(O)C1O)C(O)C=CCCCCCCCCCCC(C)C. The summed E-state index contributed by atoms with van der Waals surface area (Å²) < 4.78 is 11.2. The summed E-state index contributed by atoms with van der Waals surface area (Å²) in [4.78, 5) is 12.9. The van der Waals surface area contributed by atoms with Gasteiger partial charge in [0.25, 0.3) is 0 Å². The highest BCUT2D eigenvalue weighted by Crippen LogP contribution is 2.23. The lowest BCUT2D eigenvalue weighted by Crippen LogP contribution is -2.60. The van der Waals surface area contributed by atoms with Crippen LogP contribution in [0.2, 0.25) is 0 Å². The zero-order valence-electron chi connectivity index (χ0n) is 35.9. The van der Waals surface area contributed by atoms with Gasteiger partial charge in [0.2, 0.25) is 5.91 Å². The molecule has 1 heterocycles. The highest BCUT2D eigenvalue weighted by atomic mass is 16.7. The van der Waals surface area contributed by atoms with E-state index in [1.807, 2.05) is 6.08 Å². The van der Waals surface area contributed by atoms with Crippen LogP contribution < -0.4 is 5.32 Å². The van der Waals surface area contributed by atoms with E-state index >= 15 is 0 Å². The minimum Gasteiger partial charge on any atom is -0.394 e. The topological polar surface area (TPSA) is 149 Å². The fraction of sp³-hybridized carbons (Fsp3) is 0.935. The molecule has 0 aromatic rings. The molecule has 0 saturated carbocycles. The van der Waals surface area contributed by atoms with E-state index in [1.165, 1.54) is 148 Å². The Morgan fingerprint density at radius 3 is 1.58 bits per heavy atom. The van der Waals surface area contributed by atoms with Crippen molar-refractivity contribution in [1.82, 2.24) is 5.32 Å². The van der Waals surface area contributed by atoms with Crippen LogP contribution in [0.25, 0.3) is 0 Å².